The molecular weight excluding hydrogens is 615 g/mol. The number of hydrogen-bond acceptors (Lipinski definition) is 6. The number of hydrogen-bond donors (Lipinski definition) is 2. The van der Waals surface area contributed by atoms with Crippen LogP contribution in [0.3, 0.4) is 0 Å². The van der Waals surface area contributed by atoms with Crippen molar-refractivity contribution in [2.75, 3.05) is 23.8 Å². The lowest BCUT2D eigenvalue weighted by molar-refractivity contribution is -0.122. The topological polar surface area (TPSA) is 114 Å². The van der Waals surface area contributed by atoms with Crippen LogP contribution in [0.15, 0.2) is 95.6 Å². The molecule has 2 aromatic heterocycles. The summed E-state index contributed by atoms with van der Waals surface area (Å²) >= 11 is 13.2. The molecule has 0 aliphatic heterocycles. The second-order valence-corrected chi connectivity index (χ2v) is 10.8. The molecule has 2 heterocycles. The molecule has 2 N–H and O–H groups in total. The number of para-hydroxylation sites is 1. The first-order valence-corrected chi connectivity index (χ1v) is 14.6. The highest BCUT2D eigenvalue weighted by Gasteiger charge is 2.19. The quantitative estimate of drug-likeness (QED) is 0.158. The number of aryl methyl sites for hydroxylation is 1. The van der Waals surface area contributed by atoms with Crippen molar-refractivity contribution < 1.29 is 23.5 Å². The Bertz CT molecular complexity index is 1890. The third kappa shape index (κ3) is 7.70. The Morgan fingerprint density at radius 2 is 1.78 bits per heavy atom. The van der Waals surface area contributed by atoms with E-state index in [-0.39, 0.29) is 29.8 Å². The standard InChI is InChI=1S/C34H28Cl2N4O5/c1-21-8-12-23-5-3-6-28(33(23)38-21)45-20-25-26(35)15-16-27(32(25)36)40(2)31(42)19-37-30(41)17-11-22-9-13-24(14-10-22)39-34(43)29-7-4-18-44-29/h3-18H,19-20H2,1-2H3,(H,37,41)(H,39,43). The van der Waals surface area contributed by atoms with Gasteiger partial charge < -0.3 is 24.7 Å². The van der Waals surface area contributed by atoms with E-state index in [0.29, 0.717) is 27.7 Å². The molecule has 0 radical (unpaired) electrons. The van der Waals surface area contributed by atoms with E-state index < -0.39 is 11.8 Å². The zero-order valence-corrected chi connectivity index (χ0v) is 25.9. The maximum atomic E-state index is 13.0. The van der Waals surface area contributed by atoms with Crippen LogP contribution in [0.25, 0.3) is 17.0 Å². The SMILES string of the molecule is Cc1ccc2cccc(OCc3c(Cl)ccc(N(C)C(=O)CNC(=O)C=Cc4ccc(NC(=O)c5ccco5)cc4)c3Cl)c2n1. The first-order chi connectivity index (χ1) is 21.7. The fraction of sp³-hybridized carbons (Fsp3) is 0.118. The van der Waals surface area contributed by atoms with Crippen molar-refractivity contribution in [2.24, 2.45) is 0 Å². The summed E-state index contributed by atoms with van der Waals surface area (Å²) < 4.78 is 11.2. The number of nitrogens with zero attached hydrogens (tertiary/aromatic N) is 2. The molecule has 228 valence electrons. The van der Waals surface area contributed by atoms with Gasteiger partial charge in [0.2, 0.25) is 11.8 Å². The third-order valence-electron chi connectivity index (χ3n) is 6.85. The summed E-state index contributed by atoms with van der Waals surface area (Å²) in [6.07, 6.45) is 4.33. The summed E-state index contributed by atoms with van der Waals surface area (Å²) in [4.78, 5) is 43.4. The Morgan fingerprint density at radius 3 is 2.53 bits per heavy atom. The predicted molar refractivity (Wildman–Crippen MR) is 176 cm³/mol. The van der Waals surface area contributed by atoms with Gasteiger partial charge in [-0.15, -0.1) is 0 Å². The molecule has 0 atom stereocenters. The number of pyridine rings is 1. The summed E-state index contributed by atoms with van der Waals surface area (Å²) in [6.45, 7) is 1.70. The fourth-order valence-corrected chi connectivity index (χ4v) is 4.99. The lowest BCUT2D eigenvalue weighted by Gasteiger charge is -2.21. The van der Waals surface area contributed by atoms with Crippen molar-refractivity contribution in [1.82, 2.24) is 10.3 Å². The van der Waals surface area contributed by atoms with E-state index in [0.717, 1.165) is 22.2 Å². The van der Waals surface area contributed by atoms with Crippen molar-refractivity contribution >= 4 is 69.3 Å². The molecule has 0 aliphatic carbocycles. The van der Waals surface area contributed by atoms with Gasteiger partial charge in [-0.25, -0.2) is 4.98 Å². The largest absolute Gasteiger partial charge is 0.487 e. The number of carbonyl (C=O) groups excluding carboxylic acids is 3. The number of rotatable bonds is 10. The second kappa shape index (κ2) is 14.1. The summed E-state index contributed by atoms with van der Waals surface area (Å²) in [7, 11) is 1.56. The first-order valence-electron chi connectivity index (χ1n) is 13.8. The Labute approximate surface area is 269 Å². The maximum absolute atomic E-state index is 13.0. The van der Waals surface area contributed by atoms with Gasteiger partial charge in [0.25, 0.3) is 5.91 Å². The molecule has 9 nitrogen and oxygen atoms in total. The van der Waals surface area contributed by atoms with Crippen molar-refractivity contribution in [3.63, 3.8) is 0 Å². The number of aromatic nitrogens is 1. The minimum atomic E-state index is -0.456. The highest BCUT2D eigenvalue weighted by Crippen LogP contribution is 2.35. The van der Waals surface area contributed by atoms with E-state index in [1.54, 1.807) is 61.7 Å². The van der Waals surface area contributed by atoms with Gasteiger partial charge in [-0.2, -0.15) is 0 Å². The molecule has 0 bridgehead atoms. The number of anilines is 2. The summed E-state index contributed by atoms with van der Waals surface area (Å²) in [6, 6.07) is 22.9. The molecule has 11 heteroatoms. The van der Waals surface area contributed by atoms with Crippen LogP contribution < -0.4 is 20.3 Å². The van der Waals surface area contributed by atoms with E-state index in [1.807, 2.05) is 37.3 Å². The van der Waals surface area contributed by atoms with Gasteiger partial charge in [0.1, 0.15) is 17.9 Å². The van der Waals surface area contributed by atoms with Gasteiger partial charge in [0.05, 0.1) is 23.5 Å². The highest BCUT2D eigenvalue weighted by atomic mass is 35.5. The van der Waals surface area contributed by atoms with Crippen LogP contribution in [0.5, 0.6) is 5.75 Å². The monoisotopic (exact) mass is 642 g/mol. The van der Waals surface area contributed by atoms with Crippen LogP contribution in [0.4, 0.5) is 11.4 Å². The Hall–Kier alpha value is -5.12. The Balaban J connectivity index is 1.16. The Kier molecular flexibility index (Phi) is 9.82. The van der Waals surface area contributed by atoms with Gasteiger partial charge in [0, 0.05) is 40.5 Å². The van der Waals surface area contributed by atoms with Crippen LogP contribution in [-0.4, -0.2) is 36.3 Å². The maximum Gasteiger partial charge on any atom is 0.291 e. The minimum absolute atomic E-state index is 0.0567. The smallest absolute Gasteiger partial charge is 0.291 e. The first kappa shape index (κ1) is 31.3. The molecule has 3 amide bonds. The van der Waals surface area contributed by atoms with Gasteiger partial charge in [0.15, 0.2) is 5.76 Å². The number of benzene rings is 3. The van der Waals surface area contributed by atoms with E-state index in [1.165, 1.54) is 17.2 Å². The van der Waals surface area contributed by atoms with Crippen LogP contribution in [0.2, 0.25) is 10.0 Å². The molecule has 0 spiro atoms. The van der Waals surface area contributed by atoms with Crippen molar-refractivity contribution in [3.8, 4) is 5.75 Å². The summed E-state index contributed by atoms with van der Waals surface area (Å²) in [5, 5.41) is 6.90. The number of nitrogens with one attached hydrogen (secondary N) is 2. The van der Waals surface area contributed by atoms with E-state index in [9.17, 15) is 14.4 Å². The van der Waals surface area contributed by atoms with Crippen LogP contribution in [0.1, 0.15) is 27.4 Å². The zero-order valence-electron chi connectivity index (χ0n) is 24.3. The predicted octanol–water partition coefficient (Wildman–Crippen LogP) is 7.07. The zero-order chi connectivity index (χ0) is 31.9. The number of halogens is 2. The highest BCUT2D eigenvalue weighted by molar-refractivity contribution is 6.38. The molecule has 0 saturated heterocycles. The van der Waals surface area contributed by atoms with Crippen LogP contribution in [-0.2, 0) is 16.2 Å². The lowest BCUT2D eigenvalue weighted by atomic mass is 10.1. The third-order valence-corrected chi connectivity index (χ3v) is 7.63. The van der Waals surface area contributed by atoms with Gasteiger partial charge >= 0.3 is 0 Å². The Morgan fingerprint density at radius 1 is 0.978 bits per heavy atom. The van der Waals surface area contributed by atoms with E-state index in [2.05, 4.69) is 15.6 Å². The van der Waals surface area contributed by atoms with E-state index in [4.69, 9.17) is 32.4 Å². The molecule has 0 unspecified atom stereocenters. The number of carbonyl (C=O) groups is 3. The minimum Gasteiger partial charge on any atom is -0.487 e. The van der Waals surface area contributed by atoms with Gasteiger partial charge in [-0.3, -0.25) is 14.4 Å². The van der Waals surface area contributed by atoms with Gasteiger partial charge in [-0.05, 0) is 67.1 Å². The average molecular weight is 644 g/mol. The molecule has 0 saturated carbocycles. The van der Waals surface area contributed by atoms with Crippen molar-refractivity contribution in [3.05, 3.63) is 124 Å². The number of likely N-dealkylation sites (N-methyl/N-ethyl adjacent to an activating group) is 1. The average Bonchev–Trinajstić information content (AvgIpc) is 3.59. The number of ether oxygens (including phenoxy) is 1. The molecule has 0 aliphatic rings. The molecular formula is C34H28Cl2N4O5. The molecule has 45 heavy (non-hydrogen) atoms. The molecule has 0 fully saturated rings. The normalized spacial score (nSPS) is 11.0. The van der Waals surface area contributed by atoms with Crippen LogP contribution >= 0.6 is 23.2 Å². The van der Waals surface area contributed by atoms with E-state index >= 15 is 0 Å². The molecule has 5 aromatic rings. The second-order valence-electron chi connectivity index (χ2n) is 9.99. The van der Waals surface area contributed by atoms with Crippen LogP contribution in [0, 0.1) is 6.92 Å². The number of amides is 3. The summed E-state index contributed by atoms with van der Waals surface area (Å²) in [5.41, 5.74) is 3.82. The summed E-state index contributed by atoms with van der Waals surface area (Å²) in [5.74, 6) is -0.425. The fourth-order valence-electron chi connectivity index (χ4n) is 4.38. The van der Waals surface area contributed by atoms with Crippen molar-refractivity contribution in [1.29, 1.82) is 0 Å². The van der Waals surface area contributed by atoms with Gasteiger partial charge in [-0.1, -0.05) is 53.5 Å². The number of furan rings is 1. The van der Waals surface area contributed by atoms with Crippen molar-refractivity contribution in [2.45, 2.75) is 13.5 Å². The number of fused-ring (bicyclic) bond motifs is 1. The molecule has 5 rings (SSSR count). The lowest BCUT2D eigenvalue weighted by Crippen LogP contribution is -2.37. The molecule has 3 aromatic carbocycles.